The van der Waals surface area contributed by atoms with Crippen molar-refractivity contribution in [2.24, 2.45) is 0 Å². The van der Waals surface area contributed by atoms with E-state index in [1.165, 1.54) is 39.9 Å². The van der Waals surface area contributed by atoms with Gasteiger partial charge >= 0.3 is 6.18 Å². The zero-order valence-corrected chi connectivity index (χ0v) is 16.7. The highest BCUT2D eigenvalue weighted by Gasteiger charge is 2.27. The van der Waals surface area contributed by atoms with Gasteiger partial charge in [-0.15, -0.1) is 15.3 Å². The Balaban J connectivity index is 1.60. The number of aromatic nitrogens is 7. The zero-order chi connectivity index (χ0) is 23.0. The summed E-state index contributed by atoms with van der Waals surface area (Å²) < 4.78 is 54.3. The minimum absolute atomic E-state index is 0.0617. The molecule has 0 aliphatic rings. The Labute approximate surface area is 183 Å². The van der Waals surface area contributed by atoms with Crippen molar-refractivity contribution in [3.63, 3.8) is 0 Å². The van der Waals surface area contributed by atoms with Crippen molar-refractivity contribution < 1.29 is 17.6 Å². The Morgan fingerprint density at radius 1 is 0.939 bits per heavy atom. The fourth-order valence-electron chi connectivity index (χ4n) is 3.25. The summed E-state index contributed by atoms with van der Waals surface area (Å²) in [6.07, 6.45) is 0.168. The van der Waals surface area contributed by atoms with Gasteiger partial charge in [-0.05, 0) is 54.1 Å². The molecule has 166 valence electrons. The van der Waals surface area contributed by atoms with Crippen LogP contribution < -0.4 is 5.32 Å². The normalized spacial score (nSPS) is 11.8. The molecule has 1 aromatic carbocycles. The third-order valence-electron chi connectivity index (χ3n) is 4.76. The van der Waals surface area contributed by atoms with Crippen LogP contribution in [-0.2, 0) is 0 Å². The quantitative estimate of drug-likeness (QED) is 0.402. The summed E-state index contributed by atoms with van der Waals surface area (Å²) in [6, 6.07) is 12.3. The molecule has 4 aromatic heterocycles. The molecule has 0 bridgehead atoms. The summed E-state index contributed by atoms with van der Waals surface area (Å²) in [6.45, 7) is -1.21. The van der Waals surface area contributed by atoms with Gasteiger partial charge in [-0.2, -0.15) is 22.8 Å². The number of hydrogen-bond acceptors (Lipinski definition) is 6. The summed E-state index contributed by atoms with van der Waals surface area (Å²) in [7, 11) is 0. The van der Waals surface area contributed by atoms with Crippen molar-refractivity contribution in [1.29, 1.82) is 0 Å². The minimum atomic E-state index is -4.38. The van der Waals surface area contributed by atoms with Gasteiger partial charge in [0.25, 0.3) is 0 Å². The first-order valence-corrected chi connectivity index (χ1v) is 9.66. The Morgan fingerprint density at radius 2 is 1.76 bits per heavy atom. The van der Waals surface area contributed by atoms with Gasteiger partial charge in [-0.25, -0.2) is 14.1 Å². The van der Waals surface area contributed by atoms with E-state index in [0.717, 1.165) is 0 Å². The van der Waals surface area contributed by atoms with Crippen LogP contribution in [0, 0.1) is 5.82 Å². The average molecular weight is 454 g/mol. The van der Waals surface area contributed by atoms with E-state index in [1.807, 2.05) is 0 Å². The molecule has 8 nitrogen and oxygen atoms in total. The molecule has 0 atom stereocenters. The largest absolute Gasteiger partial charge is 0.405 e. The molecule has 0 spiro atoms. The van der Waals surface area contributed by atoms with Gasteiger partial charge in [-0.3, -0.25) is 0 Å². The zero-order valence-electron chi connectivity index (χ0n) is 16.7. The van der Waals surface area contributed by atoms with Crippen molar-refractivity contribution in [1.82, 2.24) is 34.6 Å². The van der Waals surface area contributed by atoms with Crippen molar-refractivity contribution >= 4 is 11.5 Å². The van der Waals surface area contributed by atoms with E-state index in [1.54, 1.807) is 36.5 Å². The second-order valence-electron chi connectivity index (χ2n) is 7.07. The van der Waals surface area contributed by atoms with E-state index in [2.05, 4.69) is 30.7 Å². The van der Waals surface area contributed by atoms with Gasteiger partial charge in [0.05, 0.1) is 0 Å². The van der Waals surface area contributed by atoms with Crippen LogP contribution in [0.2, 0.25) is 0 Å². The molecule has 0 saturated heterocycles. The van der Waals surface area contributed by atoms with E-state index in [-0.39, 0.29) is 5.82 Å². The topological polar surface area (TPSA) is 85.8 Å². The number of alkyl halides is 3. The van der Waals surface area contributed by atoms with E-state index < -0.39 is 18.5 Å². The fraction of sp³-hybridized carbons (Fsp3) is 0.0952. The second-order valence-corrected chi connectivity index (χ2v) is 7.07. The van der Waals surface area contributed by atoms with Crippen LogP contribution in [0.3, 0.4) is 0 Å². The molecule has 5 rings (SSSR count). The number of hydrogen-bond donors (Lipinski definition) is 1. The van der Waals surface area contributed by atoms with Gasteiger partial charge in [0.1, 0.15) is 30.2 Å². The van der Waals surface area contributed by atoms with E-state index in [4.69, 9.17) is 0 Å². The van der Waals surface area contributed by atoms with Crippen molar-refractivity contribution in [3.8, 4) is 28.2 Å². The molecule has 4 heterocycles. The molecule has 0 radical (unpaired) electrons. The highest BCUT2D eigenvalue weighted by atomic mass is 19.4. The first-order chi connectivity index (χ1) is 15.9. The number of nitrogens with one attached hydrogen (secondary N) is 1. The van der Waals surface area contributed by atoms with Crippen molar-refractivity contribution in [3.05, 3.63) is 73.1 Å². The van der Waals surface area contributed by atoms with E-state index >= 15 is 0 Å². The van der Waals surface area contributed by atoms with Gasteiger partial charge < -0.3 is 5.32 Å². The molecule has 5 aromatic rings. The molecule has 12 heteroatoms. The van der Waals surface area contributed by atoms with Gasteiger partial charge in [0.2, 0.25) is 0 Å². The second kappa shape index (κ2) is 7.97. The lowest BCUT2D eigenvalue weighted by Crippen LogP contribution is -2.21. The summed E-state index contributed by atoms with van der Waals surface area (Å²) in [5.74, 6) is 0.120. The fourth-order valence-corrected chi connectivity index (χ4v) is 3.25. The summed E-state index contributed by atoms with van der Waals surface area (Å²) in [5, 5.41) is 19.0. The Hall–Kier alpha value is -4.35. The van der Waals surface area contributed by atoms with Crippen molar-refractivity contribution in [2.75, 3.05) is 11.9 Å². The van der Waals surface area contributed by atoms with Crippen LogP contribution >= 0.6 is 0 Å². The molecule has 0 aliphatic heterocycles. The highest BCUT2D eigenvalue weighted by molar-refractivity contribution is 5.81. The summed E-state index contributed by atoms with van der Waals surface area (Å²) in [5.41, 5.74) is 2.85. The summed E-state index contributed by atoms with van der Waals surface area (Å²) >= 11 is 0. The Morgan fingerprint density at radius 3 is 2.55 bits per heavy atom. The molecule has 0 saturated carbocycles. The van der Waals surface area contributed by atoms with E-state index in [9.17, 15) is 17.6 Å². The number of fused-ring (bicyclic) bond motifs is 1. The third-order valence-corrected chi connectivity index (χ3v) is 4.76. The maximum atomic E-state index is 13.5. The number of halogens is 4. The van der Waals surface area contributed by atoms with Gasteiger partial charge in [-0.1, -0.05) is 0 Å². The number of nitrogens with zero attached hydrogens (tertiary/aromatic N) is 7. The Bertz CT molecular complexity index is 1420. The number of pyridine rings is 1. The first kappa shape index (κ1) is 20.5. The predicted molar refractivity (Wildman–Crippen MR) is 111 cm³/mol. The van der Waals surface area contributed by atoms with Crippen molar-refractivity contribution in [2.45, 2.75) is 6.18 Å². The number of rotatable bonds is 5. The monoisotopic (exact) mass is 454 g/mol. The molecule has 0 unspecified atom stereocenters. The van der Waals surface area contributed by atoms with Crippen LogP contribution in [-0.4, -0.2) is 47.3 Å². The number of anilines is 1. The molecule has 0 amide bonds. The predicted octanol–water partition coefficient (Wildman–Crippen LogP) is 4.15. The Kier molecular flexibility index (Phi) is 4.96. The van der Waals surface area contributed by atoms with Crippen LogP contribution in [0.25, 0.3) is 33.8 Å². The maximum absolute atomic E-state index is 13.5. The minimum Gasteiger partial charge on any atom is -0.361 e. The smallest absolute Gasteiger partial charge is 0.361 e. The maximum Gasteiger partial charge on any atom is 0.405 e. The van der Waals surface area contributed by atoms with Gasteiger partial charge in [0.15, 0.2) is 11.5 Å². The van der Waals surface area contributed by atoms with Crippen LogP contribution in [0.5, 0.6) is 0 Å². The lowest BCUT2D eigenvalue weighted by molar-refractivity contribution is -0.115. The molecule has 0 fully saturated rings. The van der Waals surface area contributed by atoms with Crippen LogP contribution in [0.1, 0.15) is 0 Å². The number of benzene rings is 1. The van der Waals surface area contributed by atoms with E-state index in [0.29, 0.717) is 33.8 Å². The third kappa shape index (κ3) is 4.35. The van der Waals surface area contributed by atoms with Crippen LogP contribution in [0.15, 0.2) is 67.3 Å². The highest BCUT2D eigenvalue weighted by Crippen LogP contribution is 2.33. The standard InChI is InChI=1S/C21H14F4N8/c22-15-3-1-13(2-4-15)20-16(14-7-8-26-17(9-14)27-11-21(23,24)25)10-32(31-20)19-6-5-18-29-28-12-33(18)30-19/h1-10,12H,11H2,(H,26,27). The SMILES string of the molecule is Fc1ccc(-c2nn(-c3ccc4nncn4n3)cc2-c2ccnc(NCC(F)(F)F)c2)cc1. The molecular weight excluding hydrogens is 440 g/mol. The van der Waals surface area contributed by atoms with Crippen LogP contribution in [0.4, 0.5) is 23.4 Å². The molecule has 33 heavy (non-hydrogen) atoms. The van der Waals surface area contributed by atoms with Gasteiger partial charge in [0, 0.05) is 23.5 Å². The molecule has 0 aliphatic carbocycles. The lowest BCUT2D eigenvalue weighted by atomic mass is 10.0. The average Bonchev–Trinajstić information content (AvgIpc) is 3.45. The first-order valence-electron chi connectivity index (χ1n) is 9.66. The molecule has 1 N–H and O–H groups in total. The summed E-state index contributed by atoms with van der Waals surface area (Å²) in [4.78, 5) is 3.96. The molecular formula is C21H14F4N8. The lowest BCUT2D eigenvalue weighted by Gasteiger charge is -2.10.